The van der Waals surface area contributed by atoms with Crippen molar-refractivity contribution in [3.8, 4) is 0 Å². The molecule has 0 aromatic rings. The summed E-state index contributed by atoms with van der Waals surface area (Å²) < 4.78 is 14.5. The maximum absolute atomic E-state index is 11.6. The number of esters is 1. The first kappa shape index (κ1) is 16.9. The minimum absolute atomic E-state index is 0.0142. The fourth-order valence-corrected chi connectivity index (χ4v) is 1.32. The van der Waals surface area contributed by atoms with E-state index in [4.69, 9.17) is 9.47 Å². The predicted octanol–water partition coefficient (Wildman–Crippen LogP) is 0.353. The van der Waals surface area contributed by atoms with Crippen molar-refractivity contribution in [2.24, 2.45) is 5.92 Å². The van der Waals surface area contributed by atoms with E-state index in [1.54, 1.807) is 7.11 Å². The van der Waals surface area contributed by atoms with Gasteiger partial charge in [0.2, 0.25) is 5.91 Å². The van der Waals surface area contributed by atoms with Crippen LogP contribution in [0.1, 0.15) is 20.3 Å². The second kappa shape index (κ2) is 9.85. The third kappa shape index (κ3) is 6.56. The number of nitrogens with one attached hydrogen (secondary N) is 1. The number of hydrogen-bond donors (Lipinski definition) is 1. The van der Waals surface area contributed by atoms with Crippen LogP contribution in [0.5, 0.6) is 0 Å². The number of hydrogen-bond acceptors (Lipinski definition) is 5. The molecular weight excluding hydrogens is 238 g/mol. The van der Waals surface area contributed by atoms with Crippen LogP contribution in [0.25, 0.3) is 0 Å². The maximum atomic E-state index is 11.6. The van der Waals surface area contributed by atoms with E-state index in [9.17, 15) is 9.59 Å². The van der Waals surface area contributed by atoms with E-state index in [0.29, 0.717) is 13.2 Å². The fraction of sp³-hybridized carbons (Fsp3) is 0.833. The van der Waals surface area contributed by atoms with Gasteiger partial charge in [0.05, 0.1) is 20.3 Å². The zero-order valence-corrected chi connectivity index (χ0v) is 11.5. The van der Waals surface area contributed by atoms with E-state index in [-0.39, 0.29) is 18.4 Å². The van der Waals surface area contributed by atoms with Crippen LogP contribution in [-0.2, 0) is 23.8 Å². The van der Waals surface area contributed by atoms with Gasteiger partial charge >= 0.3 is 5.97 Å². The van der Waals surface area contributed by atoms with Crippen LogP contribution < -0.4 is 5.32 Å². The van der Waals surface area contributed by atoms with Crippen molar-refractivity contribution in [3.05, 3.63) is 0 Å². The number of amides is 1. The molecule has 0 aromatic heterocycles. The minimum Gasteiger partial charge on any atom is -0.467 e. The molecule has 106 valence electrons. The second-order valence-corrected chi connectivity index (χ2v) is 4.00. The summed E-state index contributed by atoms with van der Waals surface area (Å²) in [7, 11) is 2.86. The van der Waals surface area contributed by atoms with Gasteiger partial charge in [0.1, 0.15) is 12.6 Å². The summed E-state index contributed by atoms with van der Waals surface area (Å²) >= 11 is 0. The van der Waals surface area contributed by atoms with Crippen LogP contribution in [0.2, 0.25) is 0 Å². The molecule has 0 aromatic carbocycles. The molecule has 0 unspecified atom stereocenters. The summed E-state index contributed by atoms with van der Waals surface area (Å²) in [6, 6.07) is -0.626. The van der Waals surface area contributed by atoms with Crippen molar-refractivity contribution < 1.29 is 23.8 Å². The molecule has 6 nitrogen and oxygen atoms in total. The summed E-state index contributed by atoms with van der Waals surface area (Å²) in [5, 5.41) is 2.62. The van der Waals surface area contributed by atoms with E-state index in [1.807, 2.05) is 13.8 Å². The molecule has 0 fully saturated rings. The Labute approximate surface area is 108 Å². The number of rotatable bonds is 9. The standard InChI is InChI=1S/C12H23NO5/c1-5-9(2)11(12(15)17-4)13-10(14)8-18-7-6-16-3/h9,11H,5-8H2,1-4H3,(H,13,14)/t9-,11-/m0/s1. The van der Waals surface area contributed by atoms with Gasteiger partial charge in [-0.1, -0.05) is 20.3 Å². The average Bonchev–Trinajstić information content (AvgIpc) is 2.39. The topological polar surface area (TPSA) is 73.9 Å². The van der Waals surface area contributed by atoms with Crippen molar-refractivity contribution in [3.63, 3.8) is 0 Å². The third-order valence-electron chi connectivity index (χ3n) is 2.65. The molecular formula is C12H23NO5. The van der Waals surface area contributed by atoms with Crippen LogP contribution >= 0.6 is 0 Å². The van der Waals surface area contributed by atoms with Gasteiger partial charge in [-0.3, -0.25) is 4.79 Å². The highest BCUT2D eigenvalue weighted by molar-refractivity contribution is 5.85. The summed E-state index contributed by atoms with van der Waals surface area (Å²) in [6.07, 6.45) is 0.768. The lowest BCUT2D eigenvalue weighted by atomic mass is 9.99. The van der Waals surface area contributed by atoms with E-state index in [0.717, 1.165) is 6.42 Å². The second-order valence-electron chi connectivity index (χ2n) is 4.00. The van der Waals surface area contributed by atoms with Crippen LogP contribution in [-0.4, -0.2) is 52.0 Å². The molecule has 0 rings (SSSR count). The lowest BCUT2D eigenvalue weighted by molar-refractivity contribution is -0.147. The highest BCUT2D eigenvalue weighted by Gasteiger charge is 2.26. The Morgan fingerprint density at radius 2 is 1.89 bits per heavy atom. The van der Waals surface area contributed by atoms with Crippen LogP contribution in [0.3, 0.4) is 0 Å². The Morgan fingerprint density at radius 3 is 2.39 bits per heavy atom. The van der Waals surface area contributed by atoms with Gasteiger partial charge in [-0.2, -0.15) is 0 Å². The molecule has 2 atom stereocenters. The molecule has 0 spiro atoms. The van der Waals surface area contributed by atoms with Crippen molar-refractivity contribution in [2.45, 2.75) is 26.3 Å². The summed E-state index contributed by atoms with van der Waals surface area (Å²) in [5.74, 6) is -0.753. The lowest BCUT2D eigenvalue weighted by Crippen LogP contribution is -2.47. The van der Waals surface area contributed by atoms with Crippen LogP contribution in [0, 0.1) is 5.92 Å². The number of carbonyl (C=O) groups is 2. The largest absolute Gasteiger partial charge is 0.467 e. The van der Waals surface area contributed by atoms with Crippen LogP contribution in [0.15, 0.2) is 0 Å². The highest BCUT2D eigenvalue weighted by atomic mass is 16.5. The quantitative estimate of drug-likeness (QED) is 0.479. The monoisotopic (exact) mass is 261 g/mol. The first-order valence-corrected chi connectivity index (χ1v) is 6.00. The normalized spacial score (nSPS) is 13.8. The first-order valence-electron chi connectivity index (χ1n) is 6.00. The predicted molar refractivity (Wildman–Crippen MR) is 66.1 cm³/mol. The molecule has 0 aliphatic carbocycles. The Morgan fingerprint density at radius 1 is 1.22 bits per heavy atom. The Bertz CT molecular complexity index is 257. The van der Waals surface area contributed by atoms with Gasteiger partial charge < -0.3 is 19.5 Å². The molecule has 0 aliphatic rings. The highest BCUT2D eigenvalue weighted by Crippen LogP contribution is 2.09. The van der Waals surface area contributed by atoms with Crippen molar-refractivity contribution in [1.82, 2.24) is 5.32 Å². The van der Waals surface area contributed by atoms with Crippen molar-refractivity contribution in [1.29, 1.82) is 0 Å². The molecule has 0 aliphatic heterocycles. The molecule has 6 heteroatoms. The third-order valence-corrected chi connectivity index (χ3v) is 2.65. The summed E-state index contributed by atoms with van der Waals surface area (Å²) in [4.78, 5) is 23.1. The van der Waals surface area contributed by atoms with Gasteiger partial charge in [0.25, 0.3) is 0 Å². The lowest BCUT2D eigenvalue weighted by Gasteiger charge is -2.21. The van der Waals surface area contributed by atoms with Gasteiger partial charge in [-0.15, -0.1) is 0 Å². The number of ether oxygens (including phenoxy) is 3. The van der Waals surface area contributed by atoms with Gasteiger partial charge in [0, 0.05) is 7.11 Å². The van der Waals surface area contributed by atoms with Crippen molar-refractivity contribution in [2.75, 3.05) is 34.0 Å². The zero-order chi connectivity index (χ0) is 14.0. The molecule has 0 radical (unpaired) electrons. The van der Waals surface area contributed by atoms with E-state index >= 15 is 0 Å². The minimum atomic E-state index is -0.626. The molecule has 0 heterocycles. The fourth-order valence-electron chi connectivity index (χ4n) is 1.32. The van der Waals surface area contributed by atoms with Crippen molar-refractivity contribution >= 4 is 11.9 Å². The van der Waals surface area contributed by atoms with Gasteiger partial charge in [-0.05, 0) is 5.92 Å². The van der Waals surface area contributed by atoms with E-state index in [1.165, 1.54) is 7.11 Å². The zero-order valence-electron chi connectivity index (χ0n) is 11.5. The van der Waals surface area contributed by atoms with Gasteiger partial charge in [-0.25, -0.2) is 4.79 Å². The average molecular weight is 261 g/mol. The smallest absolute Gasteiger partial charge is 0.328 e. The number of methoxy groups -OCH3 is 2. The van der Waals surface area contributed by atoms with E-state index in [2.05, 4.69) is 10.1 Å². The number of carbonyl (C=O) groups excluding carboxylic acids is 2. The van der Waals surface area contributed by atoms with E-state index < -0.39 is 12.0 Å². The molecule has 0 saturated heterocycles. The Kier molecular flexibility index (Phi) is 9.22. The molecule has 1 N–H and O–H groups in total. The molecule has 0 bridgehead atoms. The summed E-state index contributed by atoms with van der Waals surface area (Å²) in [6.45, 7) is 4.51. The Hall–Kier alpha value is -1.14. The SMILES string of the molecule is CC[C@H](C)[C@H](NC(=O)COCCOC)C(=O)OC. The first-order chi connectivity index (χ1) is 8.56. The van der Waals surface area contributed by atoms with Gasteiger partial charge in [0.15, 0.2) is 0 Å². The summed E-state index contributed by atoms with van der Waals surface area (Å²) in [5.41, 5.74) is 0. The maximum Gasteiger partial charge on any atom is 0.328 e. The Balaban J connectivity index is 4.15. The molecule has 0 saturated carbocycles. The van der Waals surface area contributed by atoms with Crippen LogP contribution in [0.4, 0.5) is 0 Å². The molecule has 18 heavy (non-hydrogen) atoms. The molecule has 1 amide bonds.